The zero-order valence-electron chi connectivity index (χ0n) is 11.8. The highest BCUT2D eigenvalue weighted by atomic mass is 16.5. The van der Waals surface area contributed by atoms with E-state index in [4.69, 9.17) is 4.74 Å². The molecule has 2 rings (SSSR count). The molecule has 0 saturated carbocycles. The zero-order valence-corrected chi connectivity index (χ0v) is 11.8. The highest BCUT2D eigenvalue weighted by Gasteiger charge is 2.29. The van der Waals surface area contributed by atoms with Crippen LogP contribution in [0.4, 0.5) is 4.79 Å². The van der Waals surface area contributed by atoms with Gasteiger partial charge >= 0.3 is 6.03 Å². The van der Waals surface area contributed by atoms with Crippen LogP contribution in [-0.4, -0.2) is 48.7 Å². The monoisotopic (exact) mass is 264 g/mol. The number of urea groups is 1. The van der Waals surface area contributed by atoms with E-state index < -0.39 is 0 Å². The number of fused-ring (bicyclic) bond motifs is 1. The average Bonchev–Trinajstić information content (AvgIpc) is 2.37. The molecule has 1 aliphatic rings. The second-order valence-corrected chi connectivity index (χ2v) is 5.02. The highest BCUT2D eigenvalue weighted by Crippen LogP contribution is 2.37. The van der Waals surface area contributed by atoms with Crippen molar-refractivity contribution in [3.63, 3.8) is 0 Å². The summed E-state index contributed by atoms with van der Waals surface area (Å²) < 4.78 is 5.14. The first-order valence-electron chi connectivity index (χ1n) is 6.33. The molecule has 1 aliphatic heterocycles. The summed E-state index contributed by atoms with van der Waals surface area (Å²) >= 11 is 0. The van der Waals surface area contributed by atoms with E-state index in [2.05, 4.69) is 0 Å². The number of nitrogens with zero attached hydrogens (tertiary/aromatic N) is 2. The van der Waals surface area contributed by atoms with E-state index in [9.17, 15) is 9.90 Å². The Morgan fingerprint density at radius 1 is 1.47 bits per heavy atom. The third-order valence-electron chi connectivity index (χ3n) is 3.61. The minimum absolute atomic E-state index is 0.00481. The number of aromatic hydroxyl groups is 1. The van der Waals surface area contributed by atoms with Gasteiger partial charge < -0.3 is 19.6 Å². The Labute approximate surface area is 113 Å². The number of phenols is 1. The van der Waals surface area contributed by atoms with Crippen LogP contribution in [0.5, 0.6) is 11.5 Å². The number of methoxy groups -OCH3 is 1. The van der Waals surface area contributed by atoms with Gasteiger partial charge in [0.05, 0.1) is 13.2 Å². The van der Waals surface area contributed by atoms with Gasteiger partial charge in [-0.1, -0.05) is 0 Å². The minimum atomic E-state index is -0.0202. The highest BCUT2D eigenvalue weighted by molar-refractivity contribution is 5.75. The van der Waals surface area contributed by atoms with E-state index in [0.717, 1.165) is 17.5 Å². The SMILES string of the molecule is COc1cc2c(cc1O)CCN(C(=O)N(C)C)[C@H]2C. The zero-order chi connectivity index (χ0) is 14.2. The van der Waals surface area contributed by atoms with Gasteiger partial charge in [-0.3, -0.25) is 0 Å². The number of amides is 2. The Morgan fingerprint density at radius 2 is 2.16 bits per heavy atom. The van der Waals surface area contributed by atoms with Gasteiger partial charge in [-0.15, -0.1) is 0 Å². The van der Waals surface area contributed by atoms with E-state index in [1.54, 1.807) is 25.1 Å². The molecule has 0 radical (unpaired) electrons. The second kappa shape index (κ2) is 4.99. The van der Waals surface area contributed by atoms with Crippen molar-refractivity contribution in [3.05, 3.63) is 23.3 Å². The lowest BCUT2D eigenvalue weighted by Gasteiger charge is -2.37. The summed E-state index contributed by atoms with van der Waals surface area (Å²) in [6.07, 6.45) is 0.747. The number of phenolic OH excluding ortho intramolecular Hbond substituents is 1. The normalized spacial score (nSPS) is 17.9. The Bertz CT molecular complexity index is 500. The van der Waals surface area contributed by atoms with Crippen LogP contribution in [-0.2, 0) is 6.42 Å². The van der Waals surface area contributed by atoms with Crippen LogP contribution in [0.15, 0.2) is 12.1 Å². The van der Waals surface area contributed by atoms with E-state index in [0.29, 0.717) is 12.3 Å². The summed E-state index contributed by atoms with van der Waals surface area (Å²) in [5.74, 6) is 0.602. The molecule has 0 spiro atoms. The van der Waals surface area contributed by atoms with Crippen LogP contribution in [0.1, 0.15) is 24.1 Å². The Hall–Kier alpha value is -1.91. The molecule has 104 valence electrons. The summed E-state index contributed by atoms with van der Waals surface area (Å²) in [6.45, 7) is 2.66. The van der Waals surface area contributed by atoms with Crippen LogP contribution in [0.2, 0.25) is 0 Å². The lowest BCUT2D eigenvalue weighted by Crippen LogP contribution is -2.44. The average molecular weight is 264 g/mol. The van der Waals surface area contributed by atoms with E-state index in [1.807, 2.05) is 17.9 Å². The summed E-state index contributed by atoms with van der Waals surface area (Å²) in [4.78, 5) is 15.5. The van der Waals surface area contributed by atoms with Gasteiger partial charge in [-0.25, -0.2) is 4.79 Å². The van der Waals surface area contributed by atoms with Crippen molar-refractivity contribution in [2.75, 3.05) is 27.7 Å². The number of ether oxygens (including phenoxy) is 1. The van der Waals surface area contributed by atoms with Crippen LogP contribution in [0.25, 0.3) is 0 Å². The molecule has 0 aromatic heterocycles. The van der Waals surface area contributed by atoms with E-state index in [-0.39, 0.29) is 17.8 Å². The lowest BCUT2D eigenvalue weighted by molar-refractivity contribution is 0.149. The first-order valence-corrected chi connectivity index (χ1v) is 6.33. The molecule has 1 aromatic rings. The topological polar surface area (TPSA) is 53.0 Å². The fourth-order valence-corrected chi connectivity index (χ4v) is 2.52. The summed E-state index contributed by atoms with van der Waals surface area (Å²) in [5, 5.41) is 9.80. The van der Waals surface area contributed by atoms with Gasteiger partial charge in [0.15, 0.2) is 11.5 Å². The van der Waals surface area contributed by atoms with Gasteiger partial charge in [0.2, 0.25) is 0 Å². The molecule has 5 nitrogen and oxygen atoms in total. The molecule has 0 unspecified atom stereocenters. The van der Waals surface area contributed by atoms with Crippen molar-refractivity contribution >= 4 is 6.03 Å². The van der Waals surface area contributed by atoms with Crippen molar-refractivity contribution in [1.82, 2.24) is 9.80 Å². The molecule has 5 heteroatoms. The molecule has 0 aliphatic carbocycles. The third-order valence-corrected chi connectivity index (χ3v) is 3.61. The van der Waals surface area contributed by atoms with Crippen LogP contribution < -0.4 is 4.74 Å². The predicted molar refractivity (Wildman–Crippen MR) is 72.6 cm³/mol. The molecule has 0 saturated heterocycles. The van der Waals surface area contributed by atoms with Gasteiger partial charge in [-0.2, -0.15) is 0 Å². The van der Waals surface area contributed by atoms with Gasteiger partial charge in [0.25, 0.3) is 0 Å². The van der Waals surface area contributed by atoms with E-state index >= 15 is 0 Å². The fraction of sp³-hybridized carbons (Fsp3) is 0.500. The molecular weight excluding hydrogens is 244 g/mol. The predicted octanol–water partition coefficient (Wildman–Crippen LogP) is 2.00. The van der Waals surface area contributed by atoms with Crippen LogP contribution >= 0.6 is 0 Å². The van der Waals surface area contributed by atoms with Gasteiger partial charge in [0.1, 0.15) is 0 Å². The van der Waals surface area contributed by atoms with Gasteiger partial charge in [0, 0.05) is 20.6 Å². The standard InChI is InChI=1S/C14H20N2O3/c1-9-11-8-13(19-4)12(17)7-10(11)5-6-16(9)14(18)15(2)3/h7-9,17H,5-6H2,1-4H3/t9-/m0/s1. The summed E-state index contributed by atoms with van der Waals surface area (Å²) in [5.41, 5.74) is 2.12. The van der Waals surface area contributed by atoms with Crippen molar-refractivity contribution < 1.29 is 14.6 Å². The smallest absolute Gasteiger partial charge is 0.319 e. The third kappa shape index (κ3) is 2.32. The minimum Gasteiger partial charge on any atom is -0.504 e. The number of carbonyl (C=O) groups excluding carboxylic acids is 1. The second-order valence-electron chi connectivity index (χ2n) is 5.02. The maximum Gasteiger partial charge on any atom is 0.319 e. The van der Waals surface area contributed by atoms with Crippen molar-refractivity contribution in [2.45, 2.75) is 19.4 Å². The Balaban J connectivity index is 2.37. The van der Waals surface area contributed by atoms with Crippen molar-refractivity contribution in [1.29, 1.82) is 0 Å². The lowest BCUT2D eigenvalue weighted by atomic mass is 9.93. The number of hydrogen-bond acceptors (Lipinski definition) is 3. The maximum atomic E-state index is 12.1. The first-order chi connectivity index (χ1) is 8.95. The summed E-state index contributed by atoms with van der Waals surface area (Å²) in [7, 11) is 5.03. The molecule has 0 bridgehead atoms. The number of hydrogen-bond donors (Lipinski definition) is 1. The molecule has 2 amide bonds. The molecule has 1 N–H and O–H groups in total. The largest absolute Gasteiger partial charge is 0.504 e. The van der Waals surface area contributed by atoms with Crippen LogP contribution in [0, 0.1) is 0 Å². The molecule has 0 fully saturated rings. The maximum absolute atomic E-state index is 12.1. The van der Waals surface area contributed by atoms with Gasteiger partial charge in [-0.05, 0) is 36.6 Å². The summed E-state index contributed by atoms with van der Waals surface area (Å²) in [6, 6.07) is 3.55. The van der Waals surface area contributed by atoms with Crippen LogP contribution in [0.3, 0.4) is 0 Å². The Kier molecular flexibility index (Phi) is 3.55. The molecular formula is C14H20N2O3. The quantitative estimate of drug-likeness (QED) is 0.844. The molecule has 1 heterocycles. The molecule has 19 heavy (non-hydrogen) atoms. The number of carbonyl (C=O) groups is 1. The Morgan fingerprint density at radius 3 is 2.74 bits per heavy atom. The number of rotatable bonds is 1. The first kappa shape index (κ1) is 13.5. The van der Waals surface area contributed by atoms with E-state index in [1.165, 1.54) is 7.11 Å². The fourth-order valence-electron chi connectivity index (χ4n) is 2.52. The number of benzene rings is 1. The molecule has 1 aromatic carbocycles. The molecule has 1 atom stereocenters. The van der Waals surface area contributed by atoms with Crippen molar-refractivity contribution in [3.8, 4) is 11.5 Å². The van der Waals surface area contributed by atoms with Crippen molar-refractivity contribution in [2.24, 2.45) is 0 Å².